The summed E-state index contributed by atoms with van der Waals surface area (Å²) in [4.78, 5) is 43.4. The Balaban J connectivity index is 1.99. The minimum atomic E-state index is -0.908. The van der Waals surface area contributed by atoms with Gasteiger partial charge in [-0.1, -0.05) is 30.1 Å². The average Bonchev–Trinajstić information content (AvgIpc) is 2.73. The Bertz CT molecular complexity index is 1080. The fourth-order valence-corrected chi connectivity index (χ4v) is 4.07. The van der Waals surface area contributed by atoms with E-state index < -0.39 is 28.4 Å². The van der Waals surface area contributed by atoms with E-state index >= 15 is 0 Å². The molecular formula is C20H21Cl2N3O5. The van der Waals surface area contributed by atoms with Crippen molar-refractivity contribution < 1.29 is 19.4 Å². The van der Waals surface area contributed by atoms with Crippen LogP contribution >= 0.6 is 23.2 Å². The van der Waals surface area contributed by atoms with Crippen LogP contribution in [0.5, 0.6) is 5.75 Å². The molecule has 1 aromatic carbocycles. The Labute approximate surface area is 183 Å². The summed E-state index contributed by atoms with van der Waals surface area (Å²) >= 11 is 12.0. The molecule has 0 spiro atoms. The predicted molar refractivity (Wildman–Crippen MR) is 111 cm³/mol. The smallest absolute Gasteiger partial charge is 0.360 e. The quantitative estimate of drug-likeness (QED) is 0.716. The monoisotopic (exact) mass is 453 g/mol. The Morgan fingerprint density at radius 1 is 1.27 bits per heavy atom. The first kappa shape index (κ1) is 22.1. The molecule has 0 aliphatic carbocycles. The van der Waals surface area contributed by atoms with E-state index in [-0.39, 0.29) is 23.3 Å². The van der Waals surface area contributed by atoms with Gasteiger partial charge in [-0.05, 0) is 31.0 Å². The lowest BCUT2D eigenvalue weighted by atomic mass is 9.80. The van der Waals surface area contributed by atoms with Crippen LogP contribution in [0.3, 0.4) is 0 Å². The molecule has 160 valence electrons. The second-order valence-corrected chi connectivity index (χ2v) is 8.32. The lowest BCUT2D eigenvalue weighted by molar-refractivity contribution is 0.0580. The van der Waals surface area contributed by atoms with Gasteiger partial charge >= 0.3 is 5.97 Å². The van der Waals surface area contributed by atoms with Crippen molar-refractivity contribution in [1.29, 1.82) is 0 Å². The molecule has 30 heavy (non-hydrogen) atoms. The normalized spacial score (nSPS) is 18.9. The number of likely N-dealkylation sites (tertiary alicyclic amines) is 1. The molecule has 1 amide bonds. The predicted octanol–water partition coefficient (Wildman–Crippen LogP) is 2.77. The van der Waals surface area contributed by atoms with Crippen LogP contribution in [-0.4, -0.2) is 51.6 Å². The van der Waals surface area contributed by atoms with Gasteiger partial charge in [-0.2, -0.15) is 0 Å². The number of halogens is 2. The maximum atomic E-state index is 13.0. The molecular weight excluding hydrogens is 433 g/mol. The molecule has 1 aliphatic heterocycles. The molecule has 2 heterocycles. The molecule has 1 aromatic heterocycles. The number of piperidine rings is 1. The number of aromatic hydroxyl groups is 1. The van der Waals surface area contributed by atoms with Crippen LogP contribution in [0.25, 0.3) is 0 Å². The van der Waals surface area contributed by atoms with E-state index in [4.69, 9.17) is 23.2 Å². The summed E-state index contributed by atoms with van der Waals surface area (Å²) < 4.78 is 5.83. The SMILES string of the molecule is COC(=O)c1nc(C2(C)CCCN(C(=O)c3ccc(Cl)c(Cl)c3)C2)n(C)c(=O)c1O. The summed E-state index contributed by atoms with van der Waals surface area (Å²) in [6.07, 6.45) is 1.29. The summed E-state index contributed by atoms with van der Waals surface area (Å²) in [5.74, 6) is -1.61. The van der Waals surface area contributed by atoms with Gasteiger partial charge in [0.1, 0.15) is 5.82 Å². The van der Waals surface area contributed by atoms with Crippen molar-refractivity contribution >= 4 is 35.1 Å². The molecule has 0 bridgehead atoms. The zero-order chi connectivity index (χ0) is 22.2. The fraction of sp³-hybridized carbons (Fsp3) is 0.400. The van der Waals surface area contributed by atoms with Crippen molar-refractivity contribution in [2.45, 2.75) is 25.2 Å². The first-order valence-electron chi connectivity index (χ1n) is 9.22. The fourth-order valence-electron chi connectivity index (χ4n) is 3.78. The molecule has 8 nitrogen and oxygen atoms in total. The van der Waals surface area contributed by atoms with Crippen molar-refractivity contribution in [3.63, 3.8) is 0 Å². The van der Waals surface area contributed by atoms with Gasteiger partial charge in [0.25, 0.3) is 11.5 Å². The zero-order valence-electron chi connectivity index (χ0n) is 16.7. The number of hydrogen-bond donors (Lipinski definition) is 1. The number of nitrogens with zero attached hydrogens (tertiary/aromatic N) is 3. The van der Waals surface area contributed by atoms with Crippen LogP contribution in [0.1, 0.15) is 46.4 Å². The van der Waals surface area contributed by atoms with E-state index in [1.54, 1.807) is 17.0 Å². The van der Waals surface area contributed by atoms with Gasteiger partial charge in [0.15, 0.2) is 5.69 Å². The number of ether oxygens (including phenoxy) is 1. The molecule has 1 fully saturated rings. The Hall–Kier alpha value is -2.58. The summed E-state index contributed by atoms with van der Waals surface area (Å²) in [6, 6.07) is 4.68. The van der Waals surface area contributed by atoms with Gasteiger partial charge in [-0.25, -0.2) is 9.78 Å². The number of esters is 1. The van der Waals surface area contributed by atoms with Crippen LogP contribution in [0, 0.1) is 0 Å². The highest BCUT2D eigenvalue weighted by Crippen LogP contribution is 2.34. The highest BCUT2D eigenvalue weighted by Gasteiger charge is 2.39. The molecule has 10 heteroatoms. The molecule has 1 aliphatic rings. The number of amides is 1. The van der Waals surface area contributed by atoms with E-state index in [1.165, 1.54) is 17.7 Å². The van der Waals surface area contributed by atoms with E-state index in [2.05, 4.69) is 9.72 Å². The van der Waals surface area contributed by atoms with E-state index in [9.17, 15) is 19.5 Å². The minimum absolute atomic E-state index is 0.225. The molecule has 1 unspecified atom stereocenters. The van der Waals surface area contributed by atoms with Crippen molar-refractivity contribution in [3.05, 3.63) is 55.7 Å². The molecule has 0 saturated carbocycles. The number of carbonyl (C=O) groups excluding carboxylic acids is 2. The van der Waals surface area contributed by atoms with Crippen molar-refractivity contribution in [1.82, 2.24) is 14.5 Å². The number of aromatic nitrogens is 2. The van der Waals surface area contributed by atoms with Gasteiger partial charge < -0.3 is 14.7 Å². The lowest BCUT2D eigenvalue weighted by Gasteiger charge is -2.40. The van der Waals surface area contributed by atoms with Crippen molar-refractivity contribution in [2.24, 2.45) is 7.05 Å². The Morgan fingerprint density at radius 2 is 1.97 bits per heavy atom. The van der Waals surface area contributed by atoms with Gasteiger partial charge in [0, 0.05) is 31.1 Å². The first-order chi connectivity index (χ1) is 14.1. The highest BCUT2D eigenvalue weighted by atomic mass is 35.5. The van der Waals surface area contributed by atoms with Crippen LogP contribution in [-0.2, 0) is 17.2 Å². The molecule has 1 atom stereocenters. The Morgan fingerprint density at radius 3 is 2.60 bits per heavy atom. The van der Waals surface area contributed by atoms with E-state index in [0.29, 0.717) is 30.0 Å². The summed E-state index contributed by atoms with van der Waals surface area (Å²) in [5.41, 5.74) is -1.52. The summed E-state index contributed by atoms with van der Waals surface area (Å²) in [5, 5.41) is 10.7. The van der Waals surface area contributed by atoms with Gasteiger partial charge in [-0.3, -0.25) is 14.2 Å². The topological polar surface area (TPSA) is 102 Å². The summed E-state index contributed by atoms with van der Waals surface area (Å²) in [7, 11) is 2.61. The van der Waals surface area contributed by atoms with Crippen LogP contribution < -0.4 is 5.56 Å². The third kappa shape index (κ3) is 3.89. The third-order valence-electron chi connectivity index (χ3n) is 5.34. The average molecular weight is 454 g/mol. The minimum Gasteiger partial charge on any atom is -0.501 e. The molecule has 1 N–H and O–H groups in total. The standard InChI is InChI=1S/C20H21Cl2N3O5/c1-20(19-23-14(18(29)30-3)15(26)17(28)24(19)2)7-4-8-25(10-20)16(27)11-5-6-12(21)13(22)9-11/h5-6,9,26H,4,7-8,10H2,1-3H3. The molecule has 0 radical (unpaired) electrons. The molecule has 2 aromatic rings. The number of methoxy groups -OCH3 is 1. The van der Waals surface area contributed by atoms with Crippen molar-refractivity contribution in [3.8, 4) is 5.75 Å². The van der Waals surface area contributed by atoms with Gasteiger partial charge in [-0.15, -0.1) is 0 Å². The van der Waals surface area contributed by atoms with Crippen LogP contribution in [0.15, 0.2) is 23.0 Å². The lowest BCUT2D eigenvalue weighted by Crippen LogP contribution is -2.49. The maximum Gasteiger partial charge on any atom is 0.360 e. The third-order valence-corrected chi connectivity index (χ3v) is 6.07. The second-order valence-electron chi connectivity index (χ2n) is 7.51. The Kier molecular flexibility index (Phi) is 6.10. The van der Waals surface area contributed by atoms with Gasteiger partial charge in [0.05, 0.1) is 17.2 Å². The maximum absolute atomic E-state index is 13.0. The van der Waals surface area contributed by atoms with Crippen LogP contribution in [0.4, 0.5) is 0 Å². The molecule has 3 rings (SSSR count). The second kappa shape index (κ2) is 8.28. The van der Waals surface area contributed by atoms with Crippen molar-refractivity contribution in [2.75, 3.05) is 20.2 Å². The number of carbonyl (C=O) groups is 2. The number of benzene rings is 1. The number of hydrogen-bond acceptors (Lipinski definition) is 6. The van der Waals surface area contributed by atoms with E-state index in [1.807, 2.05) is 6.92 Å². The summed E-state index contributed by atoms with van der Waals surface area (Å²) in [6.45, 7) is 2.64. The largest absolute Gasteiger partial charge is 0.501 e. The number of rotatable bonds is 3. The zero-order valence-corrected chi connectivity index (χ0v) is 18.3. The van der Waals surface area contributed by atoms with Gasteiger partial charge in [0.2, 0.25) is 5.75 Å². The highest BCUT2D eigenvalue weighted by molar-refractivity contribution is 6.42. The van der Waals surface area contributed by atoms with E-state index in [0.717, 1.165) is 7.11 Å². The molecule has 1 saturated heterocycles. The van der Waals surface area contributed by atoms with Crippen LogP contribution in [0.2, 0.25) is 10.0 Å². The first-order valence-corrected chi connectivity index (χ1v) is 9.98.